The van der Waals surface area contributed by atoms with Gasteiger partial charge in [-0.05, 0) is 31.0 Å². The fraction of sp³-hybridized carbons (Fsp3) is 0.455. The summed E-state index contributed by atoms with van der Waals surface area (Å²) in [6.45, 7) is 3.28. The normalized spacial score (nSPS) is 12.8. The summed E-state index contributed by atoms with van der Waals surface area (Å²) >= 11 is 0. The van der Waals surface area contributed by atoms with Gasteiger partial charge in [-0.15, -0.1) is 0 Å². The van der Waals surface area contributed by atoms with Crippen molar-refractivity contribution >= 4 is 0 Å². The lowest BCUT2D eigenvalue weighted by atomic mass is 10.1. The molecular weight excluding hydrogens is 198 g/mol. The van der Waals surface area contributed by atoms with Crippen LogP contribution in [0.5, 0.6) is 0 Å². The van der Waals surface area contributed by atoms with Gasteiger partial charge < -0.3 is 11.1 Å². The highest BCUT2D eigenvalue weighted by Gasteiger charge is 2.06. The largest absolute Gasteiger partial charge is 0.329 e. The molecule has 0 saturated heterocycles. The molecule has 0 radical (unpaired) electrons. The van der Waals surface area contributed by atoms with Gasteiger partial charge in [-0.2, -0.15) is 0 Å². The molecule has 1 atom stereocenters. The van der Waals surface area contributed by atoms with Crippen molar-refractivity contribution in [2.24, 2.45) is 5.73 Å². The van der Waals surface area contributed by atoms with Crippen LogP contribution in [0.4, 0.5) is 8.78 Å². The van der Waals surface area contributed by atoms with E-state index in [1.165, 1.54) is 6.07 Å². The Morgan fingerprint density at radius 3 is 2.67 bits per heavy atom. The van der Waals surface area contributed by atoms with Gasteiger partial charge >= 0.3 is 0 Å². The summed E-state index contributed by atoms with van der Waals surface area (Å²) < 4.78 is 25.5. The molecule has 15 heavy (non-hydrogen) atoms. The van der Waals surface area contributed by atoms with Crippen LogP contribution in [0.3, 0.4) is 0 Å². The molecule has 1 unspecified atom stereocenters. The fourth-order valence-corrected chi connectivity index (χ4v) is 1.42. The van der Waals surface area contributed by atoms with Gasteiger partial charge in [0.2, 0.25) is 0 Å². The molecule has 84 valence electrons. The van der Waals surface area contributed by atoms with Gasteiger partial charge in [-0.3, -0.25) is 0 Å². The smallest absolute Gasteiger partial charge is 0.159 e. The quantitative estimate of drug-likeness (QED) is 0.778. The van der Waals surface area contributed by atoms with Crippen LogP contribution in [0.2, 0.25) is 0 Å². The number of hydrogen-bond donors (Lipinski definition) is 2. The van der Waals surface area contributed by atoms with E-state index in [0.29, 0.717) is 13.0 Å². The maximum absolute atomic E-state index is 12.9. The van der Waals surface area contributed by atoms with Crippen LogP contribution in [0.25, 0.3) is 0 Å². The molecular formula is C11H16F2N2. The molecule has 0 aliphatic rings. The molecule has 0 aliphatic carbocycles. The lowest BCUT2D eigenvalue weighted by Crippen LogP contribution is -2.32. The van der Waals surface area contributed by atoms with Crippen LogP contribution >= 0.6 is 0 Å². The third-order valence-corrected chi connectivity index (χ3v) is 2.16. The van der Waals surface area contributed by atoms with E-state index in [-0.39, 0.29) is 6.04 Å². The zero-order chi connectivity index (χ0) is 11.3. The zero-order valence-corrected chi connectivity index (χ0v) is 8.76. The van der Waals surface area contributed by atoms with E-state index in [1.807, 2.05) is 6.92 Å². The molecule has 0 spiro atoms. The van der Waals surface area contributed by atoms with E-state index in [1.54, 1.807) is 6.07 Å². The third-order valence-electron chi connectivity index (χ3n) is 2.16. The van der Waals surface area contributed by atoms with Gasteiger partial charge in [0, 0.05) is 19.1 Å². The van der Waals surface area contributed by atoms with Gasteiger partial charge in [0.15, 0.2) is 11.6 Å². The minimum absolute atomic E-state index is 0.207. The Labute approximate surface area is 88.5 Å². The Hall–Kier alpha value is -1.00. The van der Waals surface area contributed by atoms with Crippen molar-refractivity contribution in [1.82, 2.24) is 5.32 Å². The Morgan fingerprint density at radius 2 is 2.07 bits per heavy atom. The summed E-state index contributed by atoms with van der Waals surface area (Å²) in [5, 5.41) is 3.17. The average Bonchev–Trinajstić information content (AvgIpc) is 2.20. The molecule has 4 heteroatoms. The highest BCUT2D eigenvalue weighted by molar-refractivity contribution is 5.18. The van der Waals surface area contributed by atoms with E-state index in [0.717, 1.165) is 18.2 Å². The first-order valence-electron chi connectivity index (χ1n) is 5.01. The van der Waals surface area contributed by atoms with Crippen molar-refractivity contribution in [3.8, 4) is 0 Å². The SMILES string of the molecule is CC(Cc1ccc(F)c(F)c1)NCCN. The first-order valence-corrected chi connectivity index (χ1v) is 5.01. The molecule has 0 heterocycles. The molecule has 0 bridgehead atoms. The van der Waals surface area contributed by atoms with Gasteiger partial charge in [0.1, 0.15) is 0 Å². The predicted octanol–water partition coefficient (Wildman–Crippen LogP) is 1.44. The van der Waals surface area contributed by atoms with Crippen molar-refractivity contribution in [3.05, 3.63) is 35.4 Å². The van der Waals surface area contributed by atoms with E-state index < -0.39 is 11.6 Å². The summed E-state index contributed by atoms with van der Waals surface area (Å²) in [7, 11) is 0. The summed E-state index contributed by atoms with van der Waals surface area (Å²) in [5.74, 6) is -1.60. The highest BCUT2D eigenvalue weighted by Crippen LogP contribution is 2.10. The molecule has 0 aliphatic heterocycles. The first-order chi connectivity index (χ1) is 7.13. The lowest BCUT2D eigenvalue weighted by Gasteiger charge is -2.12. The van der Waals surface area contributed by atoms with E-state index in [2.05, 4.69) is 5.32 Å². The Bertz CT molecular complexity index is 315. The monoisotopic (exact) mass is 214 g/mol. The molecule has 1 aromatic rings. The molecule has 1 aromatic carbocycles. The molecule has 3 N–H and O–H groups in total. The summed E-state index contributed by atoms with van der Waals surface area (Å²) in [6, 6.07) is 4.19. The molecule has 0 amide bonds. The number of nitrogens with two attached hydrogens (primary N) is 1. The van der Waals surface area contributed by atoms with Crippen molar-refractivity contribution in [2.45, 2.75) is 19.4 Å². The number of hydrogen-bond acceptors (Lipinski definition) is 2. The van der Waals surface area contributed by atoms with Crippen LogP contribution in [-0.4, -0.2) is 19.1 Å². The molecule has 1 rings (SSSR count). The molecule has 0 aromatic heterocycles. The minimum atomic E-state index is -0.804. The van der Waals surface area contributed by atoms with Crippen LogP contribution in [0.1, 0.15) is 12.5 Å². The number of nitrogens with one attached hydrogen (secondary N) is 1. The Balaban J connectivity index is 2.53. The summed E-state index contributed by atoms with van der Waals surface area (Å²) in [5.41, 5.74) is 6.13. The van der Waals surface area contributed by atoms with Gasteiger partial charge in [-0.25, -0.2) is 8.78 Å². The Morgan fingerprint density at radius 1 is 1.33 bits per heavy atom. The van der Waals surface area contributed by atoms with E-state index >= 15 is 0 Å². The van der Waals surface area contributed by atoms with Crippen molar-refractivity contribution in [1.29, 1.82) is 0 Å². The summed E-state index contributed by atoms with van der Waals surface area (Å²) in [4.78, 5) is 0. The van der Waals surface area contributed by atoms with Gasteiger partial charge in [0.05, 0.1) is 0 Å². The van der Waals surface area contributed by atoms with E-state index in [9.17, 15) is 8.78 Å². The van der Waals surface area contributed by atoms with E-state index in [4.69, 9.17) is 5.73 Å². The third kappa shape index (κ3) is 3.93. The van der Waals surface area contributed by atoms with Crippen LogP contribution in [-0.2, 0) is 6.42 Å². The lowest BCUT2D eigenvalue weighted by molar-refractivity contribution is 0.503. The predicted molar refractivity (Wildman–Crippen MR) is 56.6 cm³/mol. The van der Waals surface area contributed by atoms with Crippen molar-refractivity contribution < 1.29 is 8.78 Å². The second-order valence-corrected chi connectivity index (χ2v) is 3.60. The topological polar surface area (TPSA) is 38.0 Å². The van der Waals surface area contributed by atoms with Crippen LogP contribution < -0.4 is 11.1 Å². The average molecular weight is 214 g/mol. The minimum Gasteiger partial charge on any atom is -0.329 e. The molecule has 0 saturated carbocycles. The first kappa shape index (κ1) is 12.1. The summed E-state index contributed by atoms with van der Waals surface area (Å²) in [6.07, 6.45) is 0.664. The number of benzene rings is 1. The van der Waals surface area contributed by atoms with Crippen molar-refractivity contribution in [2.75, 3.05) is 13.1 Å². The fourth-order valence-electron chi connectivity index (χ4n) is 1.42. The highest BCUT2D eigenvalue weighted by atomic mass is 19.2. The van der Waals surface area contributed by atoms with Crippen LogP contribution in [0, 0.1) is 11.6 Å². The second-order valence-electron chi connectivity index (χ2n) is 3.60. The second kappa shape index (κ2) is 5.78. The van der Waals surface area contributed by atoms with Gasteiger partial charge in [-0.1, -0.05) is 6.07 Å². The number of halogens is 2. The van der Waals surface area contributed by atoms with Gasteiger partial charge in [0.25, 0.3) is 0 Å². The maximum atomic E-state index is 12.9. The van der Waals surface area contributed by atoms with Crippen molar-refractivity contribution in [3.63, 3.8) is 0 Å². The molecule has 2 nitrogen and oxygen atoms in total. The Kier molecular flexibility index (Phi) is 4.65. The molecule has 0 fully saturated rings. The van der Waals surface area contributed by atoms with Crippen LogP contribution in [0.15, 0.2) is 18.2 Å². The standard InChI is InChI=1S/C11H16F2N2/c1-8(15-5-4-14)6-9-2-3-10(12)11(13)7-9/h2-3,7-8,15H,4-6,14H2,1H3. The maximum Gasteiger partial charge on any atom is 0.159 e. The number of rotatable bonds is 5. The zero-order valence-electron chi connectivity index (χ0n) is 8.76.